The molecule has 15 heteroatoms. The van der Waals surface area contributed by atoms with Crippen molar-refractivity contribution in [3.8, 4) is 17.2 Å². The van der Waals surface area contributed by atoms with Gasteiger partial charge in [0.1, 0.15) is 5.75 Å². The van der Waals surface area contributed by atoms with E-state index in [0.29, 0.717) is 12.0 Å². The predicted molar refractivity (Wildman–Crippen MR) is 115 cm³/mol. The van der Waals surface area contributed by atoms with Crippen LogP contribution < -0.4 is 10.1 Å². The Kier molecular flexibility index (Phi) is 6.89. The van der Waals surface area contributed by atoms with Crippen LogP contribution in [0.2, 0.25) is 0 Å². The maximum Gasteiger partial charge on any atom is 0.573 e. The van der Waals surface area contributed by atoms with Crippen LogP contribution in [-0.2, 0) is 13.0 Å². The van der Waals surface area contributed by atoms with Gasteiger partial charge in [0.25, 0.3) is 0 Å². The number of allylic oxidation sites excluding steroid dienone is 1. The molecule has 1 aromatic carbocycles. The third kappa shape index (κ3) is 5.79. The Morgan fingerprint density at radius 2 is 2.14 bits per heavy atom. The van der Waals surface area contributed by atoms with Crippen molar-refractivity contribution in [2.75, 3.05) is 6.54 Å². The van der Waals surface area contributed by atoms with Gasteiger partial charge in [-0.05, 0) is 30.5 Å². The Hall–Kier alpha value is -4.43. The van der Waals surface area contributed by atoms with Crippen molar-refractivity contribution in [3.63, 3.8) is 0 Å². The number of nitrogens with zero attached hydrogens (tertiary/aromatic N) is 6. The van der Waals surface area contributed by atoms with Gasteiger partial charge in [0.2, 0.25) is 5.89 Å². The molecule has 0 radical (unpaired) electrons. The number of carbonyl (C=O) groups excluding carboxylic acids is 1. The lowest BCUT2D eigenvalue weighted by molar-refractivity contribution is -0.274. The standard InChI is InChI=1S/C21H20F3N7O5/c1-2-3-12-4-5-15(36-21(22,23)24)9-16(12)18-27-28-19(35-18)17(32)26-13-8-14(31(10-13)20(33)34)11-30-7-6-25-29-30/h2,4-7,9,13-14H,1,3,8,10-11H2,(H,26,32)(H,33,34)/t13-,14+/m1/s1. The van der Waals surface area contributed by atoms with Crippen LogP contribution in [0.15, 0.2) is 47.7 Å². The molecule has 1 fully saturated rings. The lowest BCUT2D eigenvalue weighted by Gasteiger charge is -2.20. The molecule has 4 rings (SSSR count). The van der Waals surface area contributed by atoms with E-state index in [1.807, 2.05) is 0 Å². The van der Waals surface area contributed by atoms with Gasteiger partial charge in [-0.25, -0.2) is 4.79 Å². The number of ether oxygens (including phenoxy) is 1. The Morgan fingerprint density at radius 3 is 2.81 bits per heavy atom. The van der Waals surface area contributed by atoms with Crippen LogP contribution in [0.5, 0.6) is 5.75 Å². The molecule has 2 amide bonds. The first-order chi connectivity index (χ1) is 17.1. The van der Waals surface area contributed by atoms with Crippen LogP contribution >= 0.6 is 0 Å². The molecule has 190 valence electrons. The maximum atomic E-state index is 12.7. The molecule has 0 unspecified atom stereocenters. The second-order valence-electron chi connectivity index (χ2n) is 7.89. The summed E-state index contributed by atoms with van der Waals surface area (Å²) in [4.78, 5) is 25.6. The highest BCUT2D eigenvalue weighted by molar-refractivity contribution is 5.90. The first-order valence-electron chi connectivity index (χ1n) is 10.6. The number of nitrogens with one attached hydrogen (secondary N) is 1. The number of likely N-dealkylation sites (tertiary alicyclic amines) is 1. The number of carbonyl (C=O) groups is 2. The van der Waals surface area contributed by atoms with Crippen molar-refractivity contribution in [1.82, 2.24) is 35.4 Å². The van der Waals surface area contributed by atoms with Gasteiger partial charge in [-0.2, -0.15) is 0 Å². The van der Waals surface area contributed by atoms with Crippen molar-refractivity contribution in [2.24, 2.45) is 0 Å². The molecule has 12 nitrogen and oxygen atoms in total. The first-order valence-corrected chi connectivity index (χ1v) is 10.6. The smallest absolute Gasteiger partial charge is 0.465 e. The van der Waals surface area contributed by atoms with Crippen molar-refractivity contribution in [3.05, 3.63) is 54.7 Å². The van der Waals surface area contributed by atoms with Gasteiger partial charge in [0.05, 0.1) is 18.8 Å². The summed E-state index contributed by atoms with van der Waals surface area (Å²) in [5, 5.41) is 27.2. The summed E-state index contributed by atoms with van der Waals surface area (Å²) in [6, 6.07) is 2.63. The summed E-state index contributed by atoms with van der Waals surface area (Å²) in [6.45, 7) is 3.90. The molecule has 2 N–H and O–H groups in total. The van der Waals surface area contributed by atoms with E-state index in [4.69, 9.17) is 4.42 Å². The van der Waals surface area contributed by atoms with Crippen LogP contribution in [0.3, 0.4) is 0 Å². The second-order valence-corrected chi connectivity index (χ2v) is 7.89. The molecule has 0 aliphatic carbocycles. The first kappa shape index (κ1) is 24.7. The highest BCUT2D eigenvalue weighted by atomic mass is 19.4. The molecule has 3 heterocycles. The Morgan fingerprint density at radius 1 is 1.33 bits per heavy atom. The van der Waals surface area contributed by atoms with Crippen molar-refractivity contribution in [2.45, 2.75) is 37.8 Å². The lowest BCUT2D eigenvalue weighted by atomic mass is 10.0. The number of rotatable bonds is 8. The van der Waals surface area contributed by atoms with Gasteiger partial charge >= 0.3 is 24.3 Å². The number of hydrogen-bond donors (Lipinski definition) is 2. The molecule has 1 saturated heterocycles. The summed E-state index contributed by atoms with van der Waals surface area (Å²) in [6.07, 6.45) is -0.845. The maximum absolute atomic E-state index is 12.7. The number of carboxylic acid groups (broad SMARTS) is 1. The predicted octanol–water partition coefficient (Wildman–Crippen LogP) is 2.51. The molecule has 2 atom stereocenters. The minimum Gasteiger partial charge on any atom is -0.465 e. The van der Waals surface area contributed by atoms with E-state index >= 15 is 0 Å². The number of alkyl halides is 3. The third-order valence-electron chi connectivity index (χ3n) is 5.39. The molecule has 2 aromatic heterocycles. The Bertz CT molecular complexity index is 1250. The van der Waals surface area contributed by atoms with Crippen LogP contribution in [-0.4, -0.2) is 72.2 Å². The van der Waals surface area contributed by atoms with E-state index in [-0.39, 0.29) is 31.0 Å². The minimum absolute atomic E-state index is 0.0295. The normalized spacial score (nSPS) is 17.7. The fraction of sp³-hybridized carbons (Fsp3) is 0.333. The monoisotopic (exact) mass is 507 g/mol. The Labute approximate surface area is 201 Å². The van der Waals surface area contributed by atoms with Gasteiger partial charge in [-0.1, -0.05) is 17.4 Å². The van der Waals surface area contributed by atoms with Crippen LogP contribution in [0.1, 0.15) is 22.7 Å². The van der Waals surface area contributed by atoms with E-state index in [9.17, 15) is 27.9 Å². The zero-order valence-corrected chi connectivity index (χ0v) is 18.6. The average Bonchev–Trinajstić information content (AvgIpc) is 3.55. The summed E-state index contributed by atoms with van der Waals surface area (Å²) in [7, 11) is 0. The van der Waals surface area contributed by atoms with Crippen molar-refractivity contribution < 1.29 is 37.0 Å². The van der Waals surface area contributed by atoms with Crippen molar-refractivity contribution in [1.29, 1.82) is 0 Å². The van der Waals surface area contributed by atoms with E-state index in [2.05, 4.69) is 37.1 Å². The molecule has 36 heavy (non-hydrogen) atoms. The van der Waals surface area contributed by atoms with Crippen LogP contribution in [0, 0.1) is 0 Å². The van der Waals surface area contributed by atoms with Gasteiger partial charge in [-0.15, -0.1) is 35.0 Å². The van der Waals surface area contributed by atoms with Gasteiger partial charge in [0.15, 0.2) is 0 Å². The number of hydrogen-bond acceptors (Lipinski definition) is 8. The molecular weight excluding hydrogens is 487 g/mol. The van der Waals surface area contributed by atoms with Crippen LogP contribution in [0.4, 0.5) is 18.0 Å². The fourth-order valence-electron chi connectivity index (χ4n) is 3.93. The van der Waals surface area contributed by atoms with E-state index in [0.717, 1.165) is 12.1 Å². The van der Waals surface area contributed by atoms with Crippen LogP contribution in [0.25, 0.3) is 11.5 Å². The molecule has 0 bridgehead atoms. The Balaban J connectivity index is 1.48. The molecular formula is C21H20F3N7O5. The van der Waals surface area contributed by atoms with E-state index in [1.165, 1.54) is 27.9 Å². The highest BCUT2D eigenvalue weighted by Gasteiger charge is 2.37. The molecule has 0 spiro atoms. The molecule has 1 aliphatic rings. The summed E-state index contributed by atoms with van der Waals surface area (Å²) >= 11 is 0. The SMILES string of the molecule is C=CCc1ccc(OC(F)(F)F)cc1-c1nnc(C(=O)N[C@@H]2C[C@@H](Cn3ccnn3)N(C(=O)O)C2)o1. The zero-order valence-electron chi connectivity index (χ0n) is 18.6. The van der Waals surface area contributed by atoms with Gasteiger partial charge in [0, 0.05) is 24.3 Å². The second kappa shape index (κ2) is 10.1. The quantitative estimate of drug-likeness (QED) is 0.439. The summed E-state index contributed by atoms with van der Waals surface area (Å²) in [5.74, 6) is -1.86. The third-order valence-corrected chi connectivity index (χ3v) is 5.39. The van der Waals surface area contributed by atoms with Gasteiger partial charge in [-0.3, -0.25) is 9.48 Å². The topological polar surface area (TPSA) is 148 Å². The fourth-order valence-corrected chi connectivity index (χ4v) is 3.93. The summed E-state index contributed by atoms with van der Waals surface area (Å²) < 4.78 is 48.8. The minimum atomic E-state index is -4.89. The van der Waals surface area contributed by atoms with E-state index in [1.54, 1.807) is 6.20 Å². The molecule has 0 saturated carbocycles. The zero-order chi connectivity index (χ0) is 25.9. The van der Waals surface area contributed by atoms with Crippen molar-refractivity contribution >= 4 is 12.0 Å². The average molecular weight is 507 g/mol. The number of aromatic nitrogens is 5. The molecule has 1 aliphatic heterocycles. The number of benzene rings is 1. The largest absolute Gasteiger partial charge is 0.573 e. The molecule has 3 aromatic rings. The number of amides is 2. The number of halogens is 3. The summed E-state index contributed by atoms with van der Waals surface area (Å²) in [5.41, 5.74) is 0.674. The van der Waals surface area contributed by atoms with Gasteiger partial charge < -0.3 is 24.5 Å². The lowest BCUT2D eigenvalue weighted by Crippen LogP contribution is -2.39. The highest BCUT2D eigenvalue weighted by Crippen LogP contribution is 2.31. The van der Waals surface area contributed by atoms with E-state index < -0.39 is 42.1 Å².